The van der Waals surface area contributed by atoms with Gasteiger partial charge in [0.2, 0.25) is 0 Å². The van der Waals surface area contributed by atoms with Gasteiger partial charge in [0.15, 0.2) is 11.6 Å². The van der Waals surface area contributed by atoms with Gasteiger partial charge in [-0.25, -0.2) is 9.78 Å². The summed E-state index contributed by atoms with van der Waals surface area (Å²) in [6.45, 7) is 1.67. The molecule has 1 fully saturated rings. The van der Waals surface area contributed by atoms with Crippen LogP contribution in [0.4, 0.5) is 0 Å². The average molecular weight is 269 g/mol. The Balaban J connectivity index is 1.70. The monoisotopic (exact) mass is 269 g/mol. The van der Waals surface area contributed by atoms with Crippen LogP contribution >= 0.6 is 0 Å². The quantitative estimate of drug-likeness (QED) is 0.909. The number of benzene rings is 1. The first-order chi connectivity index (χ1) is 9.66. The molecular formula is C16H15NO3. The van der Waals surface area contributed by atoms with Crippen molar-refractivity contribution in [2.24, 2.45) is 5.92 Å². The number of carboxylic acids is 1. The summed E-state index contributed by atoms with van der Waals surface area (Å²) >= 11 is 0. The lowest BCUT2D eigenvalue weighted by atomic mass is 9.92. The molecule has 1 heterocycles. The third-order valence-electron chi connectivity index (χ3n) is 4.63. The predicted octanol–water partition coefficient (Wildman–Crippen LogP) is 3.12. The van der Waals surface area contributed by atoms with Gasteiger partial charge in [-0.2, -0.15) is 0 Å². The minimum atomic E-state index is -1.01. The Morgan fingerprint density at radius 2 is 2.15 bits per heavy atom. The van der Waals surface area contributed by atoms with E-state index in [-0.39, 0.29) is 11.6 Å². The number of carboxylic acid groups (broad SMARTS) is 1. The van der Waals surface area contributed by atoms with Crippen molar-refractivity contribution in [3.05, 3.63) is 52.7 Å². The summed E-state index contributed by atoms with van der Waals surface area (Å²) in [6, 6.07) is 8.51. The van der Waals surface area contributed by atoms with Crippen molar-refractivity contribution >= 4 is 5.97 Å². The molecule has 1 saturated carbocycles. The number of hydrogen-bond acceptors (Lipinski definition) is 3. The second kappa shape index (κ2) is 3.95. The molecule has 20 heavy (non-hydrogen) atoms. The molecule has 1 aromatic carbocycles. The number of hydrogen-bond donors (Lipinski definition) is 1. The molecule has 0 spiro atoms. The van der Waals surface area contributed by atoms with Crippen LogP contribution in [-0.4, -0.2) is 16.1 Å². The highest BCUT2D eigenvalue weighted by Gasteiger charge is 2.56. The SMILES string of the molecule is Cc1oc(C2C3CCc4ccccc4C32)nc1C(=O)O. The lowest BCUT2D eigenvalue weighted by molar-refractivity contribution is 0.0689. The zero-order valence-corrected chi connectivity index (χ0v) is 11.2. The Hall–Kier alpha value is -2.10. The van der Waals surface area contributed by atoms with Gasteiger partial charge < -0.3 is 9.52 Å². The predicted molar refractivity (Wildman–Crippen MR) is 71.9 cm³/mol. The van der Waals surface area contributed by atoms with Gasteiger partial charge in [0.25, 0.3) is 0 Å². The second-order valence-corrected chi connectivity index (χ2v) is 5.71. The fourth-order valence-corrected chi connectivity index (χ4v) is 3.66. The summed E-state index contributed by atoms with van der Waals surface area (Å²) in [7, 11) is 0. The highest BCUT2D eigenvalue weighted by Crippen LogP contribution is 2.64. The van der Waals surface area contributed by atoms with E-state index in [1.807, 2.05) is 0 Å². The summed E-state index contributed by atoms with van der Waals surface area (Å²) in [5, 5.41) is 9.07. The van der Waals surface area contributed by atoms with E-state index in [4.69, 9.17) is 9.52 Å². The van der Waals surface area contributed by atoms with Gasteiger partial charge in [0, 0.05) is 5.92 Å². The average Bonchev–Trinajstić information content (AvgIpc) is 3.06. The lowest BCUT2D eigenvalue weighted by Gasteiger charge is -2.13. The topological polar surface area (TPSA) is 63.3 Å². The minimum absolute atomic E-state index is 0.0527. The molecule has 2 aliphatic rings. The molecule has 0 bridgehead atoms. The number of rotatable bonds is 2. The number of aromatic carboxylic acids is 1. The molecule has 1 N–H and O–H groups in total. The van der Waals surface area contributed by atoms with E-state index in [9.17, 15) is 4.79 Å². The zero-order valence-electron chi connectivity index (χ0n) is 11.2. The minimum Gasteiger partial charge on any atom is -0.476 e. The first-order valence-electron chi connectivity index (χ1n) is 6.95. The van der Waals surface area contributed by atoms with Crippen LogP contribution in [0.25, 0.3) is 0 Å². The maximum absolute atomic E-state index is 11.1. The van der Waals surface area contributed by atoms with Crippen LogP contribution < -0.4 is 0 Å². The number of carbonyl (C=O) groups is 1. The van der Waals surface area contributed by atoms with E-state index in [0.717, 1.165) is 12.8 Å². The Morgan fingerprint density at radius 1 is 1.35 bits per heavy atom. The third kappa shape index (κ3) is 1.54. The largest absolute Gasteiger partial charge is 0.476 e. The molecule has 102 valence electrons. The second-order valence-electron chi connectivity index (χ2n) is 5.71. The molecule has 3 atom stereocenters. The summed E-state index contributed by atoms with van der Waals surface area (Å²) in [5.74, 6) is 1.27. The highest BCUT2D eigenvalue weighted by atomic mass is 16.4. The highest BCUT2D eigenvalue weighted by molar-refractivity contribution is 5.86. The van der Waals surface area contributed by atoms with Crippen LogP contribution in [-0.2, 0) is 6.42 Å². The smallest absolute Gasteiger partial charge is 0.358 e. The van der Waals surface area contributed by atoms with Gasteiger partial charge in [-0.3, -0.25) is 0 Å². The number of aromatic nitrogens is 1. The molecule has 4 heteroatoms. The Morgan fingerprint density at radius 3 is 2.90 bits per heavy atom. The zero-order chi connectivity index (χ0) is 13.9. The summed E-state index contributed by atoms with van der Waals surface area (Å²) in [4.78, 5) is 15.3. The Labute approximate surface area is 116 Å². The van der Waals surface area contributed by atoms with Crippen molar-refractivity contribution in [3.63, 3.8) is 0 Å². The van der Waals surface area contributed by atoms with E-state index in [0.29, 0.717) is 23.5 Å². The fourth-order valence-electron chi connectivity index (χ4n) is 3.66. The molecule has 2 aliphatic carbocycles. The normalized spacial score (nSPS) is 26.8. The van der Waals surface area contributed by atoms with Crippen LogP contribution in [0.3, 0.4) is 0 Å². The van der Waals surface area contributed by atoms with Crippen LogP contribution in [0.5, 0.6) is 0 Å². The molecular weight excluding hydrogens is 254 g/mol. The molecule has 0 aliphatic heterocycles. The van der Waals surface area contributed by atoms with E-state index >= 15 is 0 Å². The third-order valence-corrected chi connectivity index (χ3v) is 4.63. The van der Waals surface area contributed by atoms with Crippen molar-refractivity contribution in [2.75, 3.05) is 0 Å². The number of oxazole rings is 1. The fraction of sp³-hybridized carbons (Fsp3) is 0.375. The van der Waals surface area contributed by atoms with Gasteiger partial charge in [0.1, 0.15) is 5.76 Å². The summed E-state index contributed by atoms with van der Waals surface area (Å²) < 4.78 is 5.61. The van der Waals surface area contributed by atoms with Gasteiger partial charge in [-0.1, -0.05) is 24.3 Å². The molecule has 0 amide bonds. The number of fused-ring (bicyclic) bond motifs is 3. The van der Waals surface area contributed by atoms with Gasteiger partial charge in [-0.15, -0.1) is 0 Å². The van der Waals surface area contributed by atoms with Crippen molar-refractivity contribution in [3.8, 4) is 0 Å². The van der Waals surface area contributed by atoms with Gasteiger partial charge in [0.05, 0.1) is 0 Å². The van der Waals surface area contributed by atoms with Crippen molar-refractivity contribution < 1.29 is 14.3 Å². The first-order valence-corrected chi connectivity index (χ1v) is 6.95. The van der Waals surface area contributed by atoms with Crippen molar-refractivity contribution in [1.29, 1.82) is 0 Å². The van der Waals surface area contributed by atoms with Crippen molar-refractivity contribution in [1.82, 2.24) is 4.98 Å². The van der Waals surface area contributed by atoms with E-state index in [2.05, 4.69) is 29.2 Å². The molecule has 4 nitrogen and oxygen atoms in total. The van der Waals surface area contributed by atoms with Crippen LogP contribution in [0.1, 0.15) is 51.5 Å². The standard InChI is InChI=1S/C16H15NO3/c1-8-14(16(18)19)17-15(20-8)13-11-7-6-9-4-2-3-5-10(9)12(11)13/h2-5,11-13H,6-7H2,1H3,(H,18,19). The Kier molecular flexibility index (Phi) is 2.31. The molecule has 4 rings (SSSR count). The molecule has 1 aromatic heterocycles. The number of nitrogens with zero attached hydrogens (tertiary/aromatic N) is 1. The van der Waals surface area contributed by atoms with Crippen molar-refractivity contribution in [2.45, 2.75) is 31.6 Å². The Bertz CT molecular complexity index is 703. The summed E-state index contributed by atoms with van der Waals surface area (Å²) in [5.41, 5.74) is 2.86. The molecule has 2 aromatic rings. The van der Waals surface area contributed by atoms with E-state index in [1.54, 1.807) is 6.92 Å². The summed E-state index contributed by atoms with van der Waals surface area (Å²) in [6.07, 6.45) is 2.23. The maximum Gasteiger partial charge on any atom is 0.358 e. The molecule has 0 saturated heterocycles. The van der Waals surface area contributed by atoms with E-state index in [1.165, 1.54) is 11.1 Å². The van der Waals surface area contributed by atoms with Crippen LogP contribution in [0.2, 0.25) is 0 Å². The van der Waals surface area contributed by atoms with Gasteiger partial charge in [-0.05, 0) is 42.7 Å². The van der Waals surface area contributed by atoms with E-state index < -0.39 is 5.97 Å². The lowest BCUT2D eigenvalue weighted by Crippen LogP contribution is -2.00. The number of aryl methyl sites for hydroxylation is 2. The molecule has 0 radical (unpaired) electrons. The van der Waals surface area contributed by atoms with Crippen LogP contribution in [0.15, 0.2) is 28.7 Å². The maximum atomic E-state index is 11.1. The molecule has 3 unspecified atom stereocenters. The van der Waals surface area contributed by atoms with Gasteiger partial charge >= 0.3 is 5.97 Å². The van der Waals surface area contributed by atoms with Crippen LogP contribution in [0, 0.1) is 12.8 Å². The first kappa shape index (κ1) is 11.7.